The van der Waals surface area contributed by atoms with Gasteiger partial charge in [0.05, 0.1) is 17.4 Å². The van der Waals surface area contributed by atoms with E-state index in [1.807, 2.05) is 30.5 Å². The van der Waals surface area contributed by atoms with Crippen molar-refractivity contribution in [3.63, 3.8) is 0 Å². The van der Waals surface area contributed by atoms with Crippen LogP contribution in [0.1, 0.15) is 0 Å². The number of aromatic nitrogens is 3. The van der Waals surface area contributed by atoms with Crippen molar-refractivity contribution in [1.82, 2.24) is 15.0 Å². The van der Waals surface area contributed by atoms with Gasteiger partial charge in [-0.3, -0.25) is 0 Å². The molecule has 2 heterocycles. The van der Waals surface area contributed by atoms with Crippen molar-refractivity contribution in [3.8, 4) is 5.75 Å². The molecule has 6 heteroatoms. The van der Waals surface area contributed by atoms with Crippen LogP contribution in [0.2, 0.25) is 5.15 Å². The number of rotatable bonds is 3. The molecule has 0 spiro atoms. The highest BCUT2D eigenvalue weighted by Gasteiger charge is 2.12. The third-order valence-electron chi connectivity index (χ3n) is 2.68. The van der Waals surface area contributed by atoms with E-state index in [4.69, 9.17) is 16.3 Å². The summed E-state index contributed by atoms with van der Waals surface area (Å²) >= 11 is 7.70. The van der Waals surface area contributed by atoms with Crippen molar-refractivity contribution in [2.24, 2.45) is 0 Å². The average molecular weight is 292 g/mol. The van der Waals surface area contributed by atoms with Crippen molar-refractivity contribution in [1.29, 1.82) is 0 Å². The number of nitrogens with one attached hydrogen (secondary N) is 1. The molecule has 3 aromatic rings. The number of ether oxygens (including phenoxy) is 1. The minimum atomic E-state index is 0.448. The Morgan fingerprint density at radius 3 is 2.89 bits per heavy atom. The van der Waals surface area contributed by atoms with E-state index >= 15 is 0 Å². The van der Waals surface area contributed by atoms with Gasteiger partial charge >= 0.3 is 0 Å². The van der Waals surface area contributed by atoms with E-state index in [0.717, 1.165) is 26.6 Å². The fraction of sp³-hybridized carbons (Fsp3) is 0.0769. The van der Waals surface area contributed by atoms with Gasteiger partial charge in [-0.1, -0.05) is 35.5 Å². The maximum Gasteiger partial charge on any atom is 0.143 e. The van der Waals surface area contributed by atoms with Crippen LogP contribution < -0.4 is 4.74 Å². The highest BCUT2D eigenvalue weighted by Crippen LogP contribution is 2.39. The number of hydrogen-bond acceptors (Lipinski definition) is 4. The number of para-hydroxylation sites is 1. The highest BCUT2D eigenvalue weighted by molar-refractivity contribution is 7.99. The van der Waals surface area contributed by atoms with Crippen molar-refractivity contribution in [2.45, 2.75) is 9.79 Å². The lowest BCUT2D eigenvalue weighted by Crippen LogP contribution is -1.85. The summed E-state index contributed by atoms with van der Waals surface area (Å²) in [4.78, 5) is 13.3. The molecule has 0 aliphatic rings. The second-order valence-corrected chi connectivity index (χ2v) is 5.24. The molecular weight excluding hydrogens is 282 g/mol. The molecule has 0 unspecified atom stereocenters. The van der Waals surface area contributed by atoms with Crippen LogP contribution in [-0.4, -0.2) is 22.1 Å². The SMILES string of the molecule is COc1ccccc1Sc1c[nH]c2ncnc(Cl)c12. The van der Waals surface area contributed by atoms with Crippen molar-refractivity contribution >= 4 is 34.4 Å². The Bertz CT molecular complexity index is 729. The zero-order valence-corrected chi connectivity index (χ0v) is 11.6. The largest absolute Gasteiger partial charge is 0.496 e. The van der Waals surface area contributed by atoms with Crippen molar-refractivity contribution in [3.05, 3.63) is 41.9 Å². The number of nitrogens with zero attached hydrogens (tertiary/aromatic N) is 2. The first-order valence-electron chi connectivity index (χ1n) is 5.58. The van der Waals surface area contributed by atoms with Gasteiger partial charge in [-0.05, 0) is 12.1 Å². The van der Waals surface area contributed by atoms with Crippen LogP contribution in [0.5, 0.6) is 5.75 Å². The van der Waals surface area contributed by atoms with Crippen LogP contribution in [-0.2, 0) is 0 Å². The fourth-order valence-corrected chi connectivity index (χ4v) is 3.14. The van der Waals surface area contributed by atoms with Gasteiger partial charge in [0.2, 0.25) is 0 Å². The fourth-order valence-electron chi connectivity index (χ4n) is 1.80. The van der Waals surface area contributed by atoms with Gasteiger partial charge in [-0.15, -0.1) is 0 Å². The normalized spacial score (nSPS) is 10.8. The molecular formula is C13H10ClN3OS. The number of aromatic amines is 1. The van der Waals surface area contributed by atoms with Gasteiger partial charge in [-0.2, -0.15) is 0 Å². The number of methoxy groups -OCH3 is 1. The highest BCUT2D eigenvalue weighted by atomic mass is 35.5. The Balaban J connectivity index is 2.06. The predicted molar refractivity (Wildman–Crippen MR) is 76.0 cm³/mol. The monoisotopic (exact) mass is 291 g/mol. The lowest BCUT2D eigenvalue weighted by molar-refractivity contribution is 0.405. The second-order valence-electron chi connectivity index (χ2n) is 3.79. The minimum absolute atomic E-state index is 0.448. The molecule has 0 aliphatic heterocycles. The van der Waals surface area contributed by atoms with Crippen LogP contribution in [0.3, 0.4) is 0 Å². The van der Waals surface area contributed by atoms with E-state index in [-0.39, 0.29) is 0 Å². The molecule has 4 nitrogen and oxygen atoms in total. The summed E-state index contributed by atoms with van der Waals surface area (Å²) in [6, 6.07) is 7.83. The first kappa shape index (κ1) is 12.3. The standard InChI is InChI=1S/C13H10ClN3OS/c1-18-8-4-2-3-5-9(8)19-10-6-15-13-11(10)12(14)16-7-17-13/h2-7H,1H3,(H,15,16,17). The average Bonchev–Trinajstić information content (AvgIpc) is 2.84. The quantitative estimate of drug-likeness (QED) is 0.746. The van der Waals surface area contributed by atoms with Crippen LogP contribution in [0.4, 0.5) is 0 Å². The van der Waals surface area contributed by atoms with Crippen LogP contribution in [0.15, 0.2) is 46.6 Å². The zero-order chi connectivity index (χ0) is 13.2. The Morgan fingerprint density at radius 1 is 1.21 bits per heavy atom. The molecule has 0 atom stereocenters. The summed E-state index contributed by atoms with van der Waals surface area (Å²) in [5, 5.41) is 1.28. The van der Waals surface area contributed by atoms with E-state index in [2.05, 4.69) is 15.0 Å². The molecule has 1 N–H and O–H groups in total. The van der Waals surface area contributed by atoms with Gasteiger partial charge < -0.3 is 9.72 Å². The van der Waals surface area contributed by atoms with Crippen LogP contribution in [0.25, 0.3) is 11.0 Å². The second kappa shape index (κ2) is 5.11. The lowest BCUT2D eigenvalue weighted by Gasteiger charge is -2.06. The smallest absolute Gasteiger partial charge is 0.143 e. The maximum atomic E-state index is 6.13. The van der Waals surface area contributed by atoms with Crippen molar-refractivity contribution < 1.29 is 4.74 Å². The Labute approximate surface area is 119 Å². The zero-order valence-electron chi connectivity index (χ0n) is 10.1. The number of hydrogen-bond donors (Lipinski definition) is 1. The number of halogens is 1. The van der Waals surface area contributed by atoms with Gasteiger partial charge in [0.15, 0.2) is 0 Å². The number of H-pyrrole nitrogens is 1. The van der Waals surface area contributed by atoms with Gasteiger partial charge in [-0.25, -0.2) is 9.97 Å². The first-order chi connectivity index (χ1) is 9.29. The third-order valence-corrected chi connectivity index (χ3v) is 4.06. The molecule has 1 aromatic carbocycles. The Hall–Kier alpha value is -1.72. The minimum Gasteiger partial charge on any atom is -0.496 e. The first-order valence-corrected chi connectivity index (χ1v) is 6.77. The molecule has 2 aromatic heterocycles. The van der Waals surface area contributed by atoms with Gasteiger partial charge in [0, 0.05) is 11.1 Å². The van der Waals surface area contributed by atoms with Gasteiger partial charge in [0.25, 0.3) is 0 Å². The molecule has 96 valence electrons. The predicted octanol–water partition coefficient (Wildman–Crippen LogP) is 3.77. The maximum absolute atomic E-state index is 6.13. The van der Waals surface area contributed by atoms with Crippen LogP contribution >= 0.6 is 23.4 Å². The van der Waals surface area contributed by atoms with Gasteiger partial charge in [0.1, 0.15) is 22.9 Å². The summed E-state index contributed by atoms with van der Waals surface area (Å²) in [5.41, 5.74) is 0.734. The van der Waals surface area contributed by atoms with E-state index < -0.39 is 0 Å². The summed E-state index contributed by atoms with van der Waals surface area (Å²) < 4.78 is 5.34. The van der Waals surface area contributed by atoms with Crippen LogP contribution in [0, 0.1) is 0 Å². The van der Waals surface area contributed by atoms with Crippen molar-refractivity contribution in [2.75, 3.05) is 7.11 Å². The summed E-state index contributed by atoms with van der Waals surface area (Å²) in [6.45, 7) is 0. The molecule has 0 saturated heterocycles. The molecule has 0 aliphatic carbocycles. The molecule has 0 radical (unpaired) electrons. The molecule has 0 fully saturated rings. The Morgan fingerprint density at radius 2 is 2.05 bits per heavy atom. The molecule has 19 heavy (non-hydrogen) atoms. The molecule has 0 saturated carbocycles. The van der Waals surface area contributed by atoms with E-state index in [1.165, 1.54) is 6.33 Å². The number of fused-ring (bicyclic) bond motifs is 1. The third kappa shape index (κ3) is 2.27. The summed E-state index contributed by atoms with van der Waals surface area (Å²) in [7, 11) is 1.66. The molecule has 0 amide bonds. The number of benzene rings is 1. The van der Waals surface area contributed by atoms with E-state index in [0.29, 0.717) is 5.15 Å². The Kier molecular flexibility index (Phi) is 3.31. The molecule has 0 bridgehead atoms. The summed E-state index contributed by atoms with van der Waals surface area (Å²) in [5.74, 6) is 0.829. The van der Waals surface area contributed by atoms with E-state index in [1.54, 1.807) is 18.9 Å². The lowest BCUT2D eigenvalue weighted by atomic mass is 10.3. The summed E-state index contributed by atoms with van der Waals surface area (Å²) in [6.07, 6.45) is 3.32. The topological polar surface area (TPSA) is 50.8 Å². The van der Waals surface area contributed by atoms with E-state index in [9.17, 15) is 0 Å². The molecule has 3 rings (SSSR count).